The fourth-order valence-corrected chi connectivity index (χ4v) is 7.48. The highest BCUT2D eigenvalue weighted by atomic mass is 16.5. The van der Waals surface area contributed by atoms with Crippen LogP contribution in [-0.4, -0.2) is 36.2 Å². The van der Waals surface area contributed by atoms with Crippen molar-refractivity contribution in [1.29, 1.82) is 0 Å². The molecule has 4 fully saturated rings. The summed E-state index contributed by atoms with van der Waals surface area (Å²) in [6, 6.07) is 2.75. The topological polar surface area (TPSA) is 12.5 Å². The molecular weight excluding hydrogens is 342 g/mol. The highest BCUT2D eigenvalue weighted by Crippen LogP contribution is 2.42. The Bertz CT molecular complexity index is 435. The van der Waals surface area contributed by atoms with Crippen molar-refractivity contribution < 1.29 is 4.74 Å². The normalized spacial score (nSPS) is 41.2. The molecule has 2 nitrogen and oxygen atoms in total. The summed E-state index contributed by atoms with van der Waals surface area (Å²) in [5.74, 6) is 3.00. The standard InChI is InChI=1S/C26H47NO/c1-20-8-14-24(15-9-20)27(23-6-4-3-5-7-23)25-16-10-21(11-17-25)22-12-18-26(28-2)19-13-22/h20-26H,3-19H2,1-2H3. The van der Waals surface area contributed by atoms with Gasteiger partial charge in [0.05, 0.1) is 6.10 Å². The summed E-state index contributed by atoms with van der Waals surface area (Å²) in [6.07, 6.45) is 25.5. The fraction of sp³-hybridized carbons (Fsp3) is 1.00. The first-order valence-electron chi connectivity index (χ1n) is 13.0. The number of rotatable bonds is 5. The third-order valence-corrected chi connectivity index (χ3v) is 9.29. The third-order valence-electron chi connectivity index (χ3n) is 9.29. The number of ether oxygens (including phenoxy) is 1. The van der Waals surface area contributed by atoms with Crippen LogP contribution in [0.4, 0.5) is 0 Å². The molecule has 0 heterocycles. The maximum absolute atomic E-state index is 5.61. The Morgan fingerprint density at radius 3 is 1.54 bits per heavy atom. The van der Waals surface area contributed by atoms with Crippen molar-refractivity contribution in [3.8, 4) is 0 Å². The molecule has 0 radical (unpaired) electrons. The largest absolute Gasteiger partial charge is 0.381 e. The first kappa shape index (κ1) is 21.2. The fourth-order valence-electron chi connectivity index (χ4n) is 7.48. The Labute approximate surface area is 175 Å². The summed E-state index contributed by atoms with van der Waals surface area (Å²) in [5, 5.41) is 0. The van der Waals surface area contributed by atoms with E-state index in [0.29, 0.717) is 6.10 Å². The van der Waals surface area contributed by atoms with Crippen molar-refractivity contribution in [3.63, 3.8) is 0 Å². The molecule has 0 aliphatic heterocycles. The van der Waals surface area contributed by atoms with Gasteiger partial charge in [-0.15, -0.1) is 0 Å². The lowest BCUT2D eigenvalue weighted by Crippen LogP contribution is -2.52. The lowest BCUT2D eigenvalue weighted by atomic mass is 9.71. The van der Waals surface area contributed by atoms with Crippen molar-refractivity contribution in [2.45, 2.75) is 140 Å². The number of hydrogen-bond donors (Lipinski definition) is 0. The van der Waals surface area contributed by atoms with Gasteiger partial charge in [0, 0.05) is 25.2 Å². The Morgan fingerprint density at radius 2 is 1.00 bits per heavy atom. The SMILES string of the molecule is COC1CCC(C2CCC(N(C3CCCCC3)C3CCC(C)CC3)CC2)CC1. The van der Waals surface area contributed by atoms with Crippen molar-refractivity contribution in [2.75, 3.05) is 7.11 Å². The molecule has 0 bridgehead atoms. The summed E-state index contributed by atoms with van der Waals surface area (Å²) < 4.78 is 5.61. The number of hydrogen-bond acceptors (Lipinski definition) is 2. The molecule has 0 amide bonds. The van der Waals surface area contributed by atoms with E-state index in [9.17, 15) is 0 Å². The average Bonchev–Trinajstić information content (AvgIpc) is 2.77. The molecule has 2 heteroatoms. The molecule has 0 atom stereocenters. The predicted molar refractivity (Wildman–Crippen MR) is 119 cm³/mol. The number of methoxy groups -OCH3 is 1. The minimum atomic E-state index is 0.558. The average molecular weight is 390 g/mol. The maximum atomic E-state index is 5.61. The van der Waals surface area contributed by atoms with E-state index in [1.165, 1.54) is 109 Å². The quantitative estimate of drug-likeness (QED) is 0.503. The lowest BCUT2D eigenvalue weighted by Gasteiger charge is -2.49. The Kier molecular flexibility index (Phi) is 7.78. The molecule has 0 N–H and O–H groups in total. The minimum Gasteiger partial charge on any atom is -0.381 e. The molecule has 0 aromatic rings. The smallest absolute Gasteiger partial charge is 0.0571 e. The van der Waals surface area contributed by atoms with E-state index >= 15 is 0 Å². The predicted octanol–water partition coefficient (Wildman–Crippen LogP) is 6.96. The van der Waals surface area contributed by atoms with Gasteiger partial charge in [0.15, 0.2) is 0 Å². The zero-order valence-corrected chi connectivity index (χ0v) is 18.9. The highest BCUT2D eigenvalue weighted by Gasteiger charge is 2.38. The minimum absolute atomic E-state index is 0.558. The van der Waals surface area contributed by atoms with Crippen LogP contribution in [-0.2, 0) is 4.74 Å². The van der Waals surface area contributed by atoms with Crippen LogP contribution >= 0.6 is 0 Å². The van der Waals surface area contributed by atoms with Gasteiger partial charge in [-0.1, -0.05) is 26.2 Å². The Morgan fingerprint density at radius 1 is 0.536 bits per heavy atom. The van der Waals surface area contributed by atoms with Crippen LogP contribution in [0.3, 0.4) is 0 Å². The summed E-state index contributed by atoms with van der Waals surface area (Å²) in [6.45, 7) is 2.48. The molecular formula is C26H47NO. The first-order valence-corrected chi connectivity index (χ1v) is 13.0. The zero-order chi connectivity index (χ0) is 19.3. The first-order chi connectivity index (χ1) is 13.7. The molecule has 0 saturated heterocycles. The summed E-state index contributed by atoms with van der Waals surface area (Å²) in [4.78, 5) is 3.14. The van der Waals surface area contributed by atoms with E-state index in [1.54, 1.807) is 0 Å². The second-order valence-electron chi connectivity index (χ2n) is 11.0. The van der Waals surface area contributed by atoms with E-state index in [1.807, 2.05) is 7.11 Å². The van der Waals surface area contributed by atoms with Crippen LogP contribution in [0.1, 0.15) is 116 Å². The monoisotopic (exact) mass is 389 g/mol. The van der Waals surface area contributed by atoms with Crippen molar-refractivity contribution in [1.82, 2.24) is 4.90 Å². The second-order valence-corrected chi connectivity index (χ2v) is 11.0. The molecule has 28 heavy (non-hydrogen) atoms. The van der Waals surface area contributed by atoms with Gasteiger partial charge in [-0.2, -0.15) is 0 Å². The van der Waals surface area contributed by atoms with E-state index in [2.05, 4.69) is 11.8 Å². The van der Waals surface area contributed by atoms with Crippen molar-refractivity contribution in [3.05, 3.63) is 0 Å². The molecule has 0 unspecified atom stereocenters. The van der Waals surface area contributed by atoms with Crippen molar-refractivity contribution >= 4 is 0 Å². The Balaban J connectivity index is 1.34. The van der Waals surface area contributed by atoms with E-state index < -0.39 is 0 Å². The summed E-state index contributed by atoms with van der Waals surface area (Å²) >= 11 is 0. The molecule has 4 aliphatic carbocycles. The molecule has 0 spiro atoms. The van der Waals surface area contributed by atoms with Gasteiger partial charge < -0.3 is 4.74 Å². The molecule has 0 aromatic carbocycles. The zero-order valence-electron chi connectivity index (χ0n) is 18.9. The van der Waals surface area contributed by atoms with Crippen LogP contribution in [0, 0.1) is 17.8 Å². The number of nitrogens with zero attached hydrogens (tertiary/aromatic N) is 1. The maximum Gasteiger partial charge on any atom is 0.0571 e. The van der Waals surface area contributed by atoms with Crippen LogP contribution in [0.2, 0.25) is 0 Å². The van der Waals surface area contributed by atoms with Crippen molar-refractivity contribution in [2.24, 2.45) is 17.8 Å². The highest BCUT2D eigenvalue weighted by molar-refractivity contribution is 4.92. The molecule has 4 aliphatic rings. The summed E-state index contributed by atoms with van der Waals surface area (Å²) in [7, 11) is 1.90. The molecule has 4 saturated carbocycles. The van der Waals surface area contributed by atoms with E-state index in [0.717, 1.165) is 35.9 Å². The van der Waals surface area contributed by atoms with Gasteiger partial charge in [0.2, 0.25) is 0 Å². The van der Waals surface area contributed by atoms with Crippen LogP contribution < -0.4 is 0 Å². The molecule has 0 aromatic heterocycles. The second kappa shape index (κ2) is 10.3. The molecule has 4 rings (SSSR count). The van der Waals surface area contributed by atoms with Gasteiger partial charge in [0.25, 0.3) is 0 Å². The van der Waals surface area contributed by atoms with Gasteiger partial charge in [-0.3, -0.25) is 4.90 Å². The van der Waals surface area contributed by atoms with E-state index in [4.69, 9.17) is 4.74 Å². The summed E-state index contributed by atoms with van der Waals surface area (Å²) in [5.41, 5.74) is 0. The molecule has 162 valence electrons. The van der Waals surface area contributed by atoms with Crippen LogP contribution in [0.25, 0.3) is 0 Å². The van der Waals surface area contributed by atoms with Crippen LogP contribution in [0.5, 0.6) is 0 Å². The van der Waals surface area contributed by atoms with Crippen LogP contribution in [0.15, 0.2) is 0 Å². The van der Waals surface area contributed by atoms with E-state index in [-0.39, 0.29) is 0 Å². The lowest BCUT2D eigenvalue weighted by molar-refractivity contribution is -0.00168. The van der Waals surface area contributed by atoms with Gasteiger partial charge >= 0.3 is 0 Å². The van der Waals surface area contributed by atoms with Gasteiger partial charge in [0.1, 0.15) is 0 Å². The van der Waals surface area contributed by atoms with Gasteiger partial charge in [-0.05, 0) is 108 Å². The Hall–Kier alpha value is -0.0800. The third kappa shape index (κ3) is 5.15. The van der Waals surface area contributed by atoms with Gasteiger partial charge in [-0.25, -0.2) is 0 Å².